The van der Waals surface area contributed by atoms with E-state index in [1.807, 2.05) is 13.8 Å². The van der Waals surface area contributed by atoms with Crippen LogP contribution in [-0.2, 0) is 14.3 Å². The largest absolute Gasteiger partial charge is 0.468 e. The van der Waals surface area contributed by atoms with Gasteiger partial charge in [0.05, 0.1) is 25.9 Å². The molecule has 0 amide bonds. The van der Waals surface area contributed by atoms with Crippen LogP contribution in [0.3, 0.4) is 0 Å². The molecular weight excluding hydrogens is 230 g/mol. The van der Waals surface area contributed by atoms with Crippen molar-refractivity contribution in [2.24, 2.45) is 5.73 Å². The SMILES string of the molecule is COC(=O)C(N)CSCC(O)COC(C)C. The maximum atomic E-state index is 11.0. The molecule has 2 unspecified atom stereocenters. The first-order chi connectivity index (χ1) is 7.47. The molecule has 0 aromatic rings. The predicted molar refractivity (Wildman–Crippen MR) is 64.4 cm³/mol. The van der Waals surface area contributed by atoms with E-state index in [2.05, 4.69) is 4.74 Å². The zero-order valence-corrected chi connectivity index (χ0v) is 10.8. The van der Waals surface area contributed by atoms with E-state index < -0.39 is 18.1 Å². The number of rotatable bonds is 8. The summed E-state index contributed by atoms with van der Waals surface area (Å²) >= 11 is 1.41. The fourth-order valence-corrected chi connectivity index (χ4v) is 1.80. The Morgan fingerprint density at radius 3 is 2.56 bits per heavy atom. The van der Waals surface area contributed by atoms with Gasteiger partial charge in [0.1, 0.15) is 6.04 Å². The van der Waals surface area contributed by atoms with Crippen LogP contribution in [-0.4, -0.2) is 54.5 Å². The molecule has 96 valence electrons. The number of aliphatic hydroxyl groups is 1. The van der Waals surface area contributed by atoms with Crippen LogP contribution in [0.4, 0.5) is 0 Å². The minimum atomic E-state index is -0.631. The number of carbonyl (C=O) groups is 1. The molecule has 0 aliphatic carbocycles. The lowest BCUT2D eigenvalue weighted by Gasteiger charge is -2.14. The molecular formula is C10H21NO4S. The van der Waals surface area contributed by atoms with Gasteiger partial charge in [-0.15, -0.1) is 0 Å². The average Bonchev–Trinajstić information content (AvgIpc) is 2.24. The zero-order valence-electron chi connectivity index (χ0n) is 10.0. The van der Waals surface area contributed by atoms with Crippen LogP contribution < -0.4 is 5.73 Å². The summed E-state index contributed by atoms with van der Waals surface area (Å²) in [5, 5.41) is 9.50. The van der Waals surface area contributed by atoms with Gasteiger partial charge < -0.3 is 20.3 Å². The molecule has 0 saturated carbocycles. The third-order valence-electron chi connectivity index (χ3n) is 1.73. The van der Waals surface area contributed by atoms with E-state index in [1.54, 1.807) is 0 Å². The monoisotopic (exact) mass is 251 g/mol. The standard InChI is InChI=1S/C10H21NO4S/c1-7(2)15-4-8(12)5-16-6-9(11)10(13)14-3/h7-9,12H,4-6,11H2,1-3H3. The van der Waals surface area contributed by atoms with Crippen molar-refractivity contribution in [3.8, 4) is 0 Å². The molecule has 0 heterocycles. The maximum absolute atomic E-state index is 11.0. The molecule has 0 spiro atoms. The second-order valence-corrected chi connectivity index (χ2v) is 4.78. The van der Waals surface area contributed by atoms with Gasteiger partial charge >= 0.3 is 5.97 Å². The van der Waals surface area contributed by atoms with Crippen LogP contribution in [0.2, 0.25) is 0 Å². The van der Waals surface area contributed by atoms with E-state index in [1.165, 1.54) is 18.9 Å². The number of hydrogen-bond donors (Lipinski definition) is 2. The zero-order chi connectivity index (χ0) is 12.6. The highest BCUT2D eigenvalue weighted by atomic mass is 32.2. The number of methoxy groups -OCH3 is 1. The van der Waals surface area contributed by atoms with Gasteiger partial charge in [-0.3, -0.25) is 4.79 Å². The number of esters is 1. The Morgan fingerprint density at radius 1 is 1.44 bits per heavy atom. The summed E-state index contributed by atoms with van der Waals surface area (Å²) < 4.78 is 9.73. The van der Waals surface area contributed by atoms with Crippen LogP contribution in [0.15, 0.2) is 0 Å². The van der Waals surface area contributed by atoms with Crippen LogP contribution in [0.5, 0.6) is 0 Å². The third kappa shape index (κ3) is 7.92. The molecule has 0 bridgehead atoms. The van der Waals surface area contributed by atoms with Crippen LogP contribution in [0, 0.1) is 0 Å². The summed E-state index contributed by atoms with van der Waals surface area (Å²) in [6, 6.07) is -0.631. The number of nitrogens with two attached hydrogens (primary N) is 1. The van der Waals surface area contributed by atoms with E-state index >= 15 is 0 Å². The molecule has 0 rings (SSSR count). The average molecular weight is 251 g/mol. The van der Waals surface area contributed by atoms with Crippen molar-refractivity contribution < 1.29 is 19.4 Å². The summed E-state index contributed by atoms with van der Waals surface area (Å²) in [4.78, 5) is 11.0. The molecule has 5 nitrogen and oxygen atoms in total. The molecule has 0 aromatic carbocycles. The van der Waals surface area contributed by atoms with E-state index in [4.69, 9.17) is 10.5 Å². The van der Waals surface area contributed by atoms with Crippen LogP contribution in [0.25, 0.3) is 0 Å². The van der Waals surface area contributed by atoms with Gasteiger partial charge in [0.25, 0.3) is 0 Å². The van der Waals surface area contributed by atoms with Gasteiger partial charge in [-0.2, -0.15) is 11.8 Å². The Hall–Kier alpha value is -0.300. The predicted octanol–water partition coefficient (Wildman–Crippen LogP) is 0.00580. The van der Waals surface area contributed by atoms with Crippen LogP contribution in [0.1, 0.15) is 13.8 Å². The highest BCUT2D eigenvalue weighted by Gasteiger charge is 2.14. The quantitative estimate of drug-likeness (QED) is 0.591. The maximum Gasteiger partial charge on any atom is 0.323 e. The smallest absolute Gasteiger partial charge is 0.323 e. The minimum Gasteiger partial charge on any atom is -0.468 e. The number of thioether (sulfide) groups is 1. The number of aliphatic hydroxyl groups excluding tert-OH is 1. The Balaban J connectivity index is 3.53. The Kier molecular flexibility index (Phi) is 8.64. The topological polar surface area (TPSA) is 81.8 Å². The van der Waals surface area contributed by atoms with Crippen molar-refractivity contribution in [1.82, 2.24) is 0 Å². The molecule has 0 aliphatic heterocycles. The number of carbonyl (C=O) groups excluding carboxylic acids is 1. The highest BCUT2D eigenvalue weighted by molar-refractivity contribution is 7.99. The number of ether oxygens (including phenoxy) is 2. The van der Waals surface area contributed by atoms with Crippen molar-refractivity contribution in [2.75, 3.05) is 25.2 Å². The summed E-state index contributed by atoms with van der Waals surface area (Å²) in [6.07, 6.45) is -0.422. The first-order valence-corrected chi connectivity index (χ1v) is 6.33. The molecule has 3 N–H and O–H groups in total. The molecule has 6 heteroatoms. The lowest BCUT2D eigenvalue weighted by Crippen LogP contribution is -2.34. The van der Waals surface area contributed by atoms with E-state index in [0.29, 0.717) is 18.1 Å². The first-order valence-electron chi connectivity index (χ1n) is 5.18. The second kappa shape index (κ2) is 8.81. The van der Waals surface area contributed by atoms with Gasteiger partial charge in [0.2, 0.25) is 0 Å². The fraction of sp³-hybridized carbons (Fsp3) is 0.900. The summed E-state index contributed by atoms with van der Waals surface area (Å²) in [5.41, 5.74) is 5.53. The van der Waals surface area contributed by atoms with Gasteiger partial charge in [0, 0.05) is 11.5 Å². The normalized spacial score (nSPS) is 14.9. The Morgan fingerprint density at radius 2 is 2.06 bits per heavy atom. The molecule has 0 aromatic heterocycles. The Bertz CT molecular complexity index is 201. The summed E-state index contributed by atoms with van der Waals surface area (Å²) in [5.74, 6) is 0.503. The minimum absolute atomic E-state index is 0.108. The van der Waals surface area contributed by atoms with Crippen LogP contribution >= 0.6 is 11.8 Å². The lowest BCUT2D eigenvalue weighted by atomic mass is 10.4. The Labute approximate surface area is 101 Å². The van der Waals surface area contributed by atoms with Crippen molar-refractivity contribution in [1.29, 1.82) is 0 Å². The van der Waals surface area contributed by atoms with Crippen molar-refractivity contribution >= 4 is 17.7 Å². The van der Waals surface area contributed by atoms with Crippen molar-refractivity contribution in [3.05, 3.63) is 0 Å². The van der Waals surface area contributed by atoms with E-state index in [9.17, 15) is 9.90 Å². The summed E-state index contributed by atoms with van der Waals surface area (Å²) in [7, 11) is 1.30. The first kappa shape index (κ1) is 15.7. The second-order valence-electron chi connectivity index (χ2n) is 3.70. The fourth-order valence-electron chi connectivity index (χ4n) is 0.902. The van der Waals surface area contributed by atoms with Gasteiger partial charge in [0.15, 0.2) is 0 Å². The van der Waals surface area contributed by atoms with E-state index in [0.717, 1.165) is 0 Å². The number of hydrogen-bond acceptors (Lipinski definition) is 6. The molecule has 16 heavy (non-hydrogen) atoms. The third-order valence-corrected chi connectivity index (χ3v) is 2.95. The van der Waals surface area contributed by atoms with Crippen molar-refractivity contribution in [3.63, 3.8) is 0 Å². The molecule has 0 aliphatic rings. The van der Waals surface area contributed by atoms with Crippen molar-refractivity contribution in [2.45, 2.75) is 32.1 Å². The molecule has 0 fully saturated rings. The molecule has 0 radical (unpaired) electrons. The highest BCUT2D eigenvalue weighted by Crippen LogP contribution is 2.06. The molecule has 2 atom stereocenters. The lowest BCUT2D eigenvalue weighted by molar-refractivity contribution is -0.141. The van der Waals surface area contributed by atoms with Gasteiger partial charge in [-0.1, -0.05) is 0 Å². The molecule has 0 saturated heterocycles. The van der Waals surface area contributed by atoms with Gasteiger partial charge in [-0.05, 0) is 13.8 Å². The van der Waals surface area contributed by atoms with Gasteiger partial charge in [-0.25, -0.2) is 0 Å². The van der Waals surface area contributed by atoms with E-state index in [-0.39, 0.29) is 6.10 Å². The summed E-state index contributed by atoms with van der Waals surface area (Å²) in [6.45, 7) is 4.12.